The number of aromatic nitrogens is 4. The van der Waals surface area contributed by atoms with Gasteiger partial charge in [0.25, 0.3) is 0 Å². The van der Waals surface area contributed by atoms with Crippen molar-refractivity contribution in [3.05, 3.63) is 77.1 Å². The van der Waals surface area contributed by atoms with E-state index >= 15 is 0 Å². The predicted octanol–water partition coefficient (Wildman–Crippen LogP) is 4.62. The molecule has 2 unspecified atom stereocenters. The van der Waals surface area contributed by atoms with E-state index in [0.29, 0.717) is 5.56 Å². The molecule has 0 aliphatic heterocycles. The predicted molar refractivity (Wildman–Crippen MR) is 144 cm³/mol. The number of carbonyl (C=O) groups excluding carboxylic acids is 1. The van der Waals surface area contributed by atoms with Crippen LogP contribution < -0.4 is 10.5 Å². The van der Waals surface area contributed by atoms with Gasteiger partial charge in [-0.05, 0) is 76.4 Å². The number of nitrogens with two attached hydrogens (primary N) is 1. The molecule has 0 bridgehead atoms. The second kappa shape index (κ2) is 8.71. The number of hydrogen-bond donors (Lipinski definition) is 1. The van der Waals surface area contributed by atoms with Crippen LogP contribution in [0, 0.1) is 0 Å². The van der Waals surface area contributed by atoms with Gasteiger partial charge in [0.05, 0.1) is 28.9 Å². The van der Waals surface area contributed by atoms with E-state index in [4.69, 9.17) is 15.6 Å². The average molecular weight is 509 g/mol. The van der Waals surface area contributed by atoms with E-state index < -0.39 is 0 Å². The molecule has 3 aliphatic rings. The molecule has 2 saturated carbocycles. The van der Waals surface area contributed by atoms with Gasteiger partial charge >= 0.3 is 0 Å². The molecule has 3 aliphatic carbocycles. The number of aldehydes is 1. The fourth-order valence-corrected chi connectivity index (χ4v) is 6.06. The Morgan fingerprint density at radius 1 is 1.11 bits per heavy atom. The van der Waals surface area contributed by atoms with Crippen LogP contribution in [0.3, 0.4) is 0 Å². The summed E-state index contributed by atoms with van der Waals surface area (Å²) in [4.78, 5) is 23.7. The summed E-state index contributed by atoms with van der Waals surface area (Å²) in [7, 11) is 4.18. The SMILES string of the molecule is CN(C)C1CC(c2c(C=O)cccc2OC2CC2)c2c1nn1ccc(-c3cnc(C4(N)CCC4)nc3)cc21. The van der Waals surface area contributed by atoms with Crippen molar-refractivity contribution in [1.82, 2.24) is 24.5 Å². The fraction of sp³-hybridized carbons (Fsp3) is 0.400. The smallest absolute Gasteiger partial charge is 0.150 e. The summed E-state index contributed by atoms with van der Waals surface area (Å²) in [6.07, 6.45) is 12.9. The first kappa shape index (κ1) is 23.5. The number of carbonyl (C=O) groups is 1. The summed E-state index contributed by atoms with van der Waals surface area (Å²) in [5.41, 5.74) is 12.9. The molecule has 4 aromatic rings. The maximum absolute atomic E-state index is 12.2. The van der Waals surface area contributed by atoms with Gasteiger partial charge in [0.2, 0.25) is 0 Å². The highest BCUT2D eigenvalue weighted by Gasteiger charge is 2.41. The standard InChI is InChI=1S/C30H32N6O2/c1-35(2)24-14-22(26-19(17-37)5-3-6-25(26)38-21-7-8-21)27-23-13-18(9-12-36(23)34-28(24)27)20-15-32-29(33-16-20)30(31)10-4-11-30/h3,5-6,9,12-13,15-17,21-22,24H,4,7-8,10-11,14,31H2,1-2H3. The zero-order valence-corrected chi connectivity index (χ0v) is 21.8. The summed E-state index contributed by atoms with van der Waals surface area (Å²) >= 11 is 0. The Morgan fingerprint density at radius 2 is 1.89 bits per heavy atom. The van der Waals surface area contributed by atoms with Gasteiger partial charge in [0.15, 0.2) is 0 Å². The van der Waals surface area contributed by atoms with Crippen molar-refractivity contribution < 1.29 is 9.53 Å². The highest BCUT2D eigenvalue weighted by molar-refractivity contribution is 5.81. The Hall–Kier alpha value is -3.62. The van der Waals surface area contributed by atoms with Crippen LogP contribution in [0.5, 0.6) is 5.75 Å². The van der Waals surface area contributed by atoms with E-state index in [0.717, 1.165) is 89.8 Å². The Balaban J connectivity index is 1.35. The first-order valence-corrected chi connectivity index (χ1v) is 13.5. The van der Waals surface area contributed by atoms with Crippen molar-refractivity contribution in [2.45, 2.75) is 62.1 Å². The lowest BCUT2D eigenvalue weighted by Gasteiger charge is -2.36. The third-order valence-corrected chi connectivity index (χ3v) is 8.52. The van der Waals surface area contributed by atoms with Gasteiger partial charge in [-0.15, -0.1) is 0 Å². The highest BCUT2D eigenvalue weighted by Crippen LogP contribution is 2.51. The zero-order chi connectivity index (χ0) is 26.0. The largest absolute Gasteiger partial charge is 0.490 e. The monoisotopic (exact) mass is 508 g/mol. The average Bonchev–Trinajstić information content (AvgIpc) is 3.54. The lowest BCUT2D eigenvalue weighted by Crippen LogP contribution is -2.44. The molecule has 0 saturated heterocycles. The molecule has 8 nitrogen and oxygen atoms in total. The normalized spacial score (nSPS) is 21.9. The first-order chi connectivity index (χ1) is 18.4. The topological polar surface area (TPSA) is 98.6 Å². The maximum atomic E-state index is 12.2. The van der Waals surface area contributed by atoms with Gasteiger partial charge in [-0.1, -0.05) is 12.1 Å². The molecule has 1 aromatic carbocycles. The van der Waals surface area contributed by atoms with Gasteiger partial charge in [-0.2, -0.15) is 5.10 Å². The molecular formula is C30H32N6O2. The van der Waals surface area contributed by atoms with Gasteiger partial charge in [0.1, 0.15) is 17.9 Å². The van der Waals surface area contributed by atoms with Gasteiger partial charge < -0.3 is 15.4 Å². The van der Waals surface area contributed by atoms with Gasteiger partial charge in [0, 0.05) is 46.8 Å². The third-order valence-electron chi connectivity index (χ3n) is 8.52. The summed E-state index contributed by atoms with van der Waals surface area (Å²) in [5.74, 6) is 1.54. The van der Waals surface area contributed by atoms with Crippen LogP contribution in [-0.4, -0.2) is 51.0 Å². The Labute approximate surface area is 221 Å². The van der Waals surface area contributed by atoms with Crippen LogP contribution in [0.15, 0.2) is 48.9 Å². The number of pyridine rings is 1. The van der Waals surface area contributed by atoms with Gasteiger partial charge in [-0.25, -0.2) is 14.5 Å². The Bertz CT molecular complexity index is 1530. The minimum absolute atomic E-state index is 0.00496. The molecule has 2 fully saturated rings. The number of benzene rings is 1. The van der Waals surface area contributed by atoms with E-state index in [1.807, 2.05) is 41.3 Å². The molecular weight excluding hydrogens is 476 g/mol. The minimum Gasteiger partial charge on any atom is -0.490 e. The molecule has 2 N–H and O–H groups in total. The number of hydrogen-bond acceptors (Lipinski definition) is 7. The highest BCUT2D eigenvalue weighted by atomic mass is 16.5. The molecule has 0 amide bonds. The van der Waals surface area contributed by atoms with E-state index in [1.165, 1.54) is 0 Å². The summed E-state index contributed by atoms with van der Waals surface area (Å²) < 4.78 is 8.29. The van der Waals surface area contributed by atoms with Crippen LogP contribution in [-0.2, 0) is 5.54 Å². The second-order valence-corrected chi connectivity index (χ2v) is 11.3. The van der Waals surface area contributed by atoms with Crippen molar-refractivity contribution >= 4 is 11.8 Å². The van der Waals surface area contributed by atoms with E-state index in [9.17, 15) is 4.79 Å². The second-order valence-electron chi connectivity index (χ2n) is 11.3. The van der Waals surface area contributed by atoms with Gasteiger partial charge in [-0.3, -0.25) is 4.79 Å². The summed E-state index contributed by atoms with van der Waals surface area (Å²) in [6, 6.07) is 10.2. The number of rotatable bonds is 7. The van der Waals surface area contributed by atoms with E-state index in [2.05, 4.69) is 41.1 Å². The zero-order valence-electron chi connectivity index (χ0n) is 21.8. The van der Waals surface area contributed by atoms with Crippen molar-refractivity contribution in [3.8, 4) is 16.9 Å². The van der Waals surface area contributed by atoms with Crippen molar-refractivity contribution in [1.29, 1.82) is 0 Å². The Morgan fingerprint density at radius 3 is 2.55 bits per heavy atom. The van der Waals surface area contributed by atoms with Crippen LogP contribution >= 0.6 is 0 Å². The maximum Gasteiger partial charge on any atom is 0.150 e. The van der Waals surface area contributed by atoms with Crippen molar-refractivity contribution in [2.24, 2.45) is 5.73 Å². The molecule has 194 valence electrons. The summed E-state index contributed by atoms with van der Waals surface area (Å²) in [6.45, 7) is 0. The summed E-state index contributed by atoms with van der Waals surface area (Å²) in [5, 5.41) is 5.03. The van der Waals surface area contributed by atoms with Crippen molar-refractivity contribution in [2.75, 3.05) is 14.1 Å². The molecule has 0 spiro atoms. The Kier molecular flexibility index (Phi) is 5.39. The quantitative estimate of drug-likeness (QED) is 0.364. The number of nitrogens with zero attached hydrogens (tertiary/aromatic N) is 5. The van der Waals surface area contributed by atoms with E-state index in [1.54, 1.807) is 0 Å². The lowest BCUT2D eigenvalue weighted by atomic mass is 9.77. The van der Waals surface area contributed by atoms with Crippen LogP contribution in [0.4, 0.5) is 0 Å². The fourth-order valence-electron chi connectivity index (χ4n) is 6.06. The molecule has 3 heterocycles. The van der Waals surface area contributed by atoms with Crippen molar-refractivity contribution in [3.63, 3.8) is 0 Å². The lowest BCUT2D eigenvalue weighted by molar-refractivity contribution is 0.112. The van der Waals surface area contributed by atoms with Crippen LogP contribution in [0.25, 0.3) is 16.6 Å². The molecule has 0 radical (unpaired) electrons. The molecule has 7 rings (SSSR count). The third kappa shape index (κ3) is 3.74. The first-order valence-electron chi connectivity index (χ1n) is 13.5. The molecule has 3 aromatic heterocycles. The minimum atomic E-state index is -0.380. The molecule has 8 heteroatoms. The van der Waals surface area contributed by atoms with E-state index in [-0.39, 0.29) is 23.6 Å². The molecule has 38 heavy (non-hydrogen) atoms. The number of ether oxygens (including phenoxy) is 1. The van der Waals surface area contributed by atoms with Crippen LogP contribution in [0.1, 0.15) is 83.5 Å². The van der Waals surface area contributed by atoms with Crippen LogP contribution in [0.2, 0.25) is 0 Å². The number of fused-ring (bicyclic) bond motifs is 3. The molecule has 2 atom stereocenters.